The molecule has 0 bridgehead atoms. The molecule has 436 valence electrons. The van der Waals surface area contributed by atoms with Crippen LogP contribution in [0.1, 0.15) is 114 Å². The van der Waals surface area contributed by atoms with E-state index in [1.165, 1.54) is 14.0 Å². The highest BCUT2D eigenvalue weighted by atomic mass is 35.5. The van der Waals surface area contributed by atoms with Crippen molar-refractivity contribution >= 4 is 23.5 Å². The molecule has 6 N–H and O–H groups in total. The number of aromatic nitrogens is 1. The molecule has 1 aromatic heterocycles. The monoisotopic (exact) mass is 1110 g/mol. The molecule has 18 atom stereocenters. The average Bonchev–Trinajstić information content (AvgIpc) is 3.79. The van der Waals surface area contributed by atoms with Gasteiger partial charge in [0.2, 0.25) is 5.91 Å². The van der Waals surface area contributed by atoms with Crippen LogP contribution in [0.4, 0.5) is 0 Å². The van der Waals surface area contributed by atoms with E-state index in [9.17, 15) is 35.1 Å². The molecule has 3 saturated heterocycles. The van der Waals surface area contributed by atoms with E-state index in [0.29, 0.717) is 65.4 Å². The number of oxazole rings is 1. The lowest BCUT2D eigenvalue weighted by molar-refractivity contribution is -0.318. The van der Waals surface area contributed by atoms with E-state index < -0.39 is 96.0 Å². The molecule has 2 aromatic carbocycles. The first kappa shape index (κ1) is 61.8. The number of para-hydroxylation sites is 1. The van der Waals surface area contributed by atoms with Crippen LogP contribution in [0.2, 0.25) is 5.02 Å². The van der Waals surface area contributed by atoms with Gasteiger partial charge in [-0.2, -0.15) is 0 Å². The van der Waals surface area contributed by atoms with Crippen LogP contribution in [0.5, 0.6) is 11.5 Å². The summed E-state index contributed by atoms with van der Waals surface area (Å²) in [7, 11) is 5.24. The number of esters is 1. The molecule has 1 amide bonds. The Bertz CT molecular complexity index is 2490. The van der Waals surface area contributed by atoms with Crippen molar-refractivity contribution in [2.45, 2.75) is 204 Å². The summed E-state index contributed by atoms with van der Waals surface area (Å²) in [6.07, 6.45) is -8.54. The molecular weight excluding hydrogens is 1030 g/mol. The van der Waals surface area contributed by atoms with Crippen molar-refractivity contribution in [1.29, 1.82) is 0 Å². The van der Waals surface area contributed by atoms with Gasteiger partial charge >= 0.3 is 5.97 Å². The number of hydrogen-bond acceptors (Lipinski definition) is 18. The molecule has 0 radical (unpaired) electrons. The van der Waals surface area contributed by atoms with E-state index in [4.69, 9.17) is 54.2 Å². The van der Waals surface area contributed by atoms with Crippen molar-refractivity contribution in [2.75, 3.05) is 40.8 Å². The maximum atomic E-state index is 14.7. The third-order valence-electron chi connectivity index (χ3n) is 16.8. The summed E-state index contributed by atoms with van der Waals surface area (Å²) in [5.41, 5.74) is -2.71. The first-order valence-corrected chi connectivity index (χ1v) is 28.2. The van der Waals surface area contributed by atoms with Crippen molar-refractivity contribution < 1.29 is 72.7 Å². The lowest BCUT2D eigenvalue weighted by Crippen LogP contribution is -2.60. The summed E-state index contributed by atoms with van der Waals surface area (Å²) in [6.45, 7) is 18.4. The molecule has 3 aromatic rings. The Morgan fingerprint density at radius 1 is 0.949 bits per heavy atom. The van der Waals surface area contributed by atoms with Gasteiger partial charge in [0.15, 0.2) is 24.2 Å². The number of ether oxygens (including phenoxy) is 7. The third-order valence-corrected chi connectivity index (χ3v) is 17.0. The highest BCUT2D eigenvalue weighted by Gasteiger charge is 2.53. The summed E-state index contributed by atoms with van der Waals surface area (Å²) in [6, 6.07) is 11.8. The number of rotatable bonds is 14. The molecule has 20 heteroatoms. The third kappa shape index (κ3) is 13.7. The van der Waals surface area contributed by atoms with Gasteiger partial charge in [-0.1, -0.05) is 44.5 Å². The minimum absolute atomic E-state index is 0.0871. The van der Waals surface area contributed by atoms with Crippen LogP contribution in [0.15, 0.2) is 46.9 Å². The number of benzene rings is 2. The van der Waals surface area contributed by atoms with E-state index in [-0.39, 0.29) is 62.6 Å². The molecule has 78 heavy (non-hydrogen) atoms. The first-order chi connectivity index (χ1) is 36.7. The molecule has 4 aliphatic rings. The van der Waals surface area contributed by atoms with Crippen LogP contribution in [0, 0.1) is 17.8 Å². The van der Waals surface area contributed by atoms with Crippen molar-refractivity contribution in [3.05, 3.63) is 53.4 Å². The number of aliphatic hydroxyl groups excluding tert-OH is 3. The molecule has 0 aliphatic carbocycles. The van der Waals surface area contributed by atoms with Crippen molar-refractivity contribution in [3.63, 3.8) is 0 Å². The Morgan fingerprint density at radius 3 is 2.35 bits per heavy atom. The molecule has 0 saturated carbocycles. The van der Waals surface area contributed by atoms with Crippen LogP contribution < -0.4 is 10.1 Å². The van der Waals surface area contributed by atoms with E-state index >= 15 is 0 Å². The van der Waals surface area contributed by atoms with E-state index in [0.717, 1.165) is 5.56 Å². The van der Waals surface area contributed by atoms with Gasteiger partial charge in [0.05, 0.1) is 47.1 Å². The molecule has 7 rings (SSSR count). The average molecular weight is 1120 g/mol. The highest BCUT2D eigenvalue weighted by molar-refractivity contribution is 6.31. The number of nitrogens with zero attached hydrogens (tertiary/aromatic N) is 3. The summed E-state index contributed by atoms with van der Waals surface area (Å²) in [5.74, 6) is -1.11. The Balaban J connectivity index is 1.12. The van der Waals surface area contributed by atoms with E-state index in [1.807, 2.05) is 62.0 Å². The largest absolute Gasteiger partial charge is 0.459 e. The SMILES string of the molecule is CC[C@H]1OC(=O)[C@H](C)[C@@H](O[C@H]2C[C@@](C)(OC)[C@@H](O)[C@H](C)O2)[C@H](C)[C@@H](O[C@@H]2O[C@H](C)C[C@H](N(C)C)[C@H]2O)[C@](C)(O)C[C@@H](C)CN(CCCNC(=O)CCc2nc3c(o2)-c2cc(Cl)ccc2Oc2ccccc2-3)[C@H](C)[C@@H](O)[C@]1(C)O. The number of methoxy groups -OCH3 is 1. The smallest absolute Gasteiger partial charge is 0.311 e. The highest BCUT2D eigenvalue weighted by Crippen LogP contribution is 2.48. The number of likely N-dealkylation sites (N-methyl/N-ethyl adjacent to an activating group) is 1. The number of cyclic esters (lactones) is 1. The summed E-state index contributed by atoms with van der Waals surface area (Å²) < 4.78 is 50.7. The van der Waals surface area contributed by atoms with Gasteiger partial charge in [-0.25, -0.2) is 4.98 Å². The summed E-state index contributed by atoms with van der Waals surface area (Å²) in [4.78, 5) is 36.8. The van der Waals surface area contributed by atoms with Gasteiger partial charge in [0.1, 0.15) is 47.2 Å². The van der Waals surface area contributed by atoms with Gasteiger partial charge in [0, 0.05) is 74.6 Å². The van der Waals surface area contributed by atoms with Crippen LogP contribution in [-0.4, -0.2) is 183 Å². The Hall–Kier alpha value is -3.80. The van der Waals surface area contributed by atoms with Crippen molar-refractivity contribution in [3.8, 4) is 34.1 Å². The van der Waals surface area contributed by atoms with Gasteiger partial charge in [0.25, 0.3) is 0 Å². The number of aryl methyl sites for hydroxylation is 1. The Kier molecular flexibility index (Phi) is 20.3. The number of carbonyl (C=O) groups is 2. The number of nitrogens with one attached hydrogen (secondary N) is 1. The number of carbonyl (C=O) groups excluding carboxylic acids is 2. The molecule has 4 aliphatic heterocycles. The molecule has 0 unspecified atom stereocenters. The molecule has 19 nitrogen and oxygen atoms in total. The number of amides is 1. The fourth-order valence-electron chi connectivity index (χ4n) is 12.2. The van der Waals surface area contributed by atoms with Gasteiger partial charge in [-0.3, -0.25) is 14.5 Å². The number of halogens is 1. The summed E-state index contributed by atoms with van der Waals surface area (Å²) in [5, 5.41) is 64.0. The standard InChI is InChI=1S/C58H87ClN4O15/c1-14-43-58(10,70)51(66)35(6)63(25-17-24-60-44(64)22-23-45-61-47-38-18-15-16-19-41(38)74-42-21-20-37(59)27-39(42)50(47)76-45)30-31(2)28-56(8,69)53(78-55-48(65)40(62(11)12)26-32(3)72-55)33(4)49(34(5)54(68)75-43)77-46-29-57(9,71-13)52(67)36(7)73-46/h15-16,18-21,27,31-36,40,43,46,48-49,51-53,55,65-67,69-70H,14,17,22-26,28-30H2,1-13H3,(H,60,64)/t31-,32-,33+,34-,35-,36+,40+,43-,46+,48-,49+,51-,52+,53-,55+,56-,57-,58-/m1/s1. The minimum atomic E-state index is -1.95. The fraction of sp³-hybridized carbons (Fsp3) is 0.707. The molecule has 3 fully saturated rings. The zero-order valence-electron chi connectivity index (χ0n) is 47.8. The second kappa shape index (κ2) is 25.6. The van der Waals surface area contributed by atoms with Gasteiger partial charge < -0.3 is 73.3 Å². The molecule has 0 spiro atoms. The quantitative estimate of drug-likeness (QED) is 0.0584. The number of aliphatic hydroxyl groups is 5. The van der Waals surface area contributed by atoms with Crippen LogP contribution >= 0.6 is 11.6 Å². The number of hydrogen-bond donors (Lipinski definition) is 6. The van der Waals surface area contributed by atoms with Gasteiger partial charge in [-0.05, 0) is 124 Å². The topological polar surface area (TPSA) is 244 Å². The van der Waals surface area contributed by atoms with Crippen LogP contribution in [0.3, 0.4) is 0 Å². The summed E-state index contributed by atoms with van der Waals surface area (Å²) >= 11 is 6.40. The Labute approximate surface area is 465 Å². The lowest BCUT2D eigenvalue weighted by Gasteiger charge is -2.48. The first-order valence-electron chi connectivity index (χ1n) is 27.8. The maximum Gasteiger partial charge on any atom is 0.311 e. The molecular formula is C58H87ClN4O15. The Morgan fingerprint density at radius 2 is 1.65 bits per heavy atom. The zero-order chi connectivity index (χ0) is 57.2. The van der Waals surface area contributed by atoms with Crippen LogP contribution in [0.25, 0.3) is 22.6 Å². The van der Waals surface area contributed by atoms with Crippen molar-refractivity contribution in [1.82, 2.24) is 20.1 Å². The maximum absolute atomic E-state index is 14.7. The zero-order valence-corrected chi connectivity index (χ0v) is 48.6. The second-order valence-corrected chi connectivity index (χ2v) is 23.9. The van der Waals surface area contributed by atoms with E-state index in [2.05, 4.69) is 5.32 Å². The van der Waals surface area contributed by atoms with E-state index in [1.54, 1.807) is 66.7 Å². The van der Waals surface area contributed by atoms with Gasteiger partial charge in [-0.15, -0.1) is 0 Å². The minimum Gasteiger partial charge on any atom is -0.459 e. The second-order valence-electron chi connectivity index (χ2n) is 23.4. The number of fused-ring (bicyclic) bond motifs is 5. The van der Waals surface area contributed by atoms with Crippen molar-refractivity contribution in [2.24, 2.45) is 17.8 Å². The van der Waals surface area contributed by atoms with Crippen LogP contribution in [-0.2, 0) is 44.4 Å². The molecule has 5 heterocycles. The normalized spacial score (nSPS) is 37.2. The fourth-order valence-corrected chi connectivity index (χ4v) is 12.4. The lowest BCUT2D eigenvalue weighted by atomic mass is 9.77. The predicted molar refractivity (Wildman–Crippen MR) is 292 cm³/mol. The predicted octanol–water partition coefficient (Wildman–Crippen LogP) is 6.49.